The number of nitrogens with one attached hydrogen (secondary N) is 2. The topological polar surface area (TPSA) is 87.7 Å². The Morgan fingerprint density at radius 3 is 2.17 bits per heavy atom. The van der Waals surface area contributed by atoms with Crippen LogP contribution in [-0.2, 0) is 9.59 Å². The molecule has 3 amide bonds. The van der Waals surface area contributed by atoms with E-state index in [1.165, 1.54) is 31.4 Å². The molecule has 0 aliphatic carbocycles. The molecule has 3 aromatic carbocycles. The molecule has 178 valence electrons. The van der Waals surface area contributed by atoms with Crippen molar-refractivity contribution in [3.05, 3.63) is 92.0 Å². The summed E-state index contributed by atoms with van der Waals surface area (Å²) < 4.78 is 5.25. The Balaban J connectivity index is 1.51. The molecule has 7 nitrogen and oxygen atoms in total. The predicted molar refractivity (Wildman–Crippen MR) is 138 cm³/mol. The zero-order valence-corrected chi connectivity index (χ0v) is 20.9. The third kappa shape index (κ3) is 5.09. The Morgan fingerprint density at radius 1 is 0.857 bits per heavy atom. The first-order chi connectivity index (χ1) is 16.7. The van der Waals surface area contributed by atoms with Gasteiger partial charge in [0, 0.05) is 21.3 Å². The number of ether oxygens (including phenoxy) is 1. The minimum Gasteiger partial charge on any atom is -0.495 e. The van der Waals surface area contributed by atoms with Gasteiger partial charge in [0.1, 0.15) is 16.5 Å². The zero-order chi connectivity index (χ0) is 25.3. The van der Waals surface area contributed by atoms with E-state index in [9.17, 15) is 14.4 Å². The fourth-order valence-corrected chi connectivity index (χ4v) is 4.14. The summed E-state index contributed by atoms with van der Waals surface area (Å²) in [6, 6.07) is 15.5. The van der Waals surface area contributed by atoms with Gasteiger partial charge in [0.05, 0.1) is 23.5 Å². The van der Waals surface area contributed by atoms with E-state index in [1.54, 1.807) is 36.4 Å². The second-order valence-electron chi connectivity index (χ2n) is 7.23. The number of nitrogens with zero attached hydrogens (tertiary/aromatic N) is 1. The van der Waals surface area contributed by atoms with Gasteiger partial charge in [-0.05, 0) is 60.7 Å². The minimum atomic E-state index is -0.726. The van der Waals surface area contributed by atoms with E-state index in [2.05, 4.69) is 10.6 Å². The number of carbonyl (C=O) groups excluding carboxylic acids is 3. The van der Waals surface area contributed by atoms with Crippen LogP contribution in [0.5, 0.6) is 5.75 Å². The maximum atomic E-state index is 13.1. The third-order valence-corrected chi connectivity index (χ3v) is 6.14. The fourth-order valence-electron chi connectivity index (χ4n) is 3.30. The standard InChI is InChI=1S/C24H15Cl4N3O4/c1-35-19-9-5-14(26)11-18(19)31-23(33)20(28)21(24(31)34)29-15-6-2-12(3-7-15)22(32)30-17-8-4-13(25)10-16(17)27/h2-11,29H,1H3,(H,30,32). The van der Waals surface area contributed by atoms with Crippen molar-refractivity contribution in [1.29, 1.82) is 0 Å². The quantitative estimate of drug-likeness (QED) is 0.349. The van der Waals surface area contributed by atoms with E-state index in [-0.39, 0.29) is 22.2 Å². The largest absolute Gasteiger partial charge is 0.495 e. The van der Waals surface area contributed by atoms with Gasteiger partial charge in [0.15, 0.2) is 0 Å². The highest BCUT2D eigenvalue weighted by Crippen LogP contribution is 2.37. The predicted octanol–water partition coefficient (Wildman–Crippen LogP) is 6.34. The molecule has 2 N–H and O–H groups in total. The average Bonchev–Trinajstić information content (AvgIpc) is 3.04. The first kappa shape index (κ1) is 24.9. The monoisotopic (exact) mass is 549 g/mol. The third-order valence-electron chi connectivity index (χ3n) is 5.00. The smallest absolute Gasteiger partial charge is 0.283 e. The number of anilines is 3. The first-order valence-corrected chi connectivity index (χ1v) is 11.5. The van der Waals surface area contributed by atoms with E-state index >= 15 is 0 Å². The van der Waals surface area contributed by atoms with Crippen molar-refractivity contribution in [3.8, 4) is 5.75 Å². The molecule has 3 aromatic rings. The van der Waals surface area contributed by atoms with Gasteiger partial charge in [0.2, 0.25) is 0 Å². The number of benzene rings is 3. The van der Waals surface area contributed by atoms with E-state index in [0.29, 0.717) is 32.0 Å². The van der Waals surface area contributed by atoms with Gasteiger partial charge >= 0.3 is 0 Å². The van der Waals surface area contributed by atoms with Gasteiger partial charge in [0.25, 0.3) is 17.7 Å². The van der Waals surface area contributed by atoms with Crippen LogP contribution in [0.4, 0.5) is 17.1 Å². The minimum absolute atomic E-state index is 0.121. The number of carbonyl (C=O) groups is 3. The fraction of sp³-hybridized carbons (Fsp3) is 0.0417. The first-order valence-electron chi connectivity index (χ1n) is 9.95. The lowest BCUT2D eigenvalue weighted by Gasteiger charge is -2.18. The number of rotatable bonds is 6. The Hall–Kier alpha value is -3.23. The molecule has 0 saturated carbocycles. The summed E-state index contributed by atoms with van der Waals surface area (Å²) in [6.07, 6.45) is 0. The zero-order valence-electron chi connectivity index (χ0n) is 17.9. The summed E-state index contributed by atoms with van der Waals surface area (Å²) in [4.78, 5) is 39.3. The maximum absolute atomic E-state index is 13.1. The van der Waals surface area contributed by atoms with Crippen LogP contribution in [-0.4, -0.2) is 24.8 Å². The van der Waals surface area contributed by atoms with Gasteiger partial charge in [-0.2, -0.15) is 0 Å². The number of hydrogen-bond donors (Lipinski definition) is 2. The Labute approximate surface area is 220 Å². The number of hydrogen-bond acceptors (Lipinski definition) is 5. The van der Waals surface area contributed by atoms with Crippen LogP contribution in [0, 0.1) is 0 Å². The average molecular weight is 551 g/mol. The molecule has 1 aliphatic heterocycles. The lowest BCUT2D eigenvalue weighted by molar-refractivity contribution is -0.120. The lowest BCUT2D eigenvalue weighted by Crippen LogP contribution is -2.32. The van der Waals surface area contributed by atoms with Crippen LogP contribution < -0.4 is 20.3 Å². The number of halogens is 4. The summed E-state index contributed by atoms with van der Waals surface area (Å²) in [6.45, 7) is 0. The summed E-state index contributed by atoms with van der Waals surface area (Å²) in [5.41, 5.74) is 1.22. The van der Waals surface area contributed by atoms with Crippen molar-refractivity contribution >= 4 is 81.2 Å². The SMILES string of the molecule is COc1ccc(Cl)cc1N1C(=O)C(Cl)=C(Nc2ccc(C(=O)Nc3ccc(Cl)cc3Cl)cc2)C1=O. The summed E-state index contributed by atoms with van der Waals surface area (Å²) in [7, 11) is 1.41. The molecule has 0 fully saturated rings. The van der Waals surface area contributed by atoms with Crippen LogP contribution in [0.15, 0.2) is 71.4 Å². The molecule has 1 heterocycles. The molecule has 0 aromatic heterocycles. The van der Waals surface area contributed by atoms with Crippen molar-refractivity contribution < 1.29 is 19.1 Å². The van der Waals surface area contributed by atoms with E-state index in [1.807, 2.05) is 0 Å². The molecule has 0 spiro atoms. The summed E-state index contributed by atoms with van der Waals surface area (Å²) >= 11 is 24.2. The molecule has 11 heteroatoms. The second kappa shape index (κ2) is 10.2. The van der Waals surface area contributed by atoms with Crippen molar-refractivity contribution in [3.63, 3.8) is 0 Å². The van der Waals surface area contributed by atoms with Gasteiger partial charge in [-0.1, -0.05) is 46.4 Å². The molecule has 4 rings (SSSR count). The second-order valence-corrected chi connectivity index (χ2v) is 8.89. The molecular weight excluding hydrogens is 536 g/mol. The molecule has 0 radical (unpaired) electrons. The Bertz CT molecular complexity index is 1390. The molecule has 0 saturated heterocycles. The number of imide groups is 1. The van der Waals surface area contributed by atoms with E-state index in [0.717, 1.165) is 4.90 Å². The normalized spacial score (nSPS) is 13.3. The molecule has 0 unspecified atom stereocenters. The van der Waals surface area contributed by atoms with Gasteiger partial charge in [-0.15, -0.1) is 0 Å². The number of methoxy groups -OCH3 is 1. The maximum Gasteiger partial charge on any atom is 0.283 e. The van der Waals surface area contributed by atoms with Crippen molar-refractivity contribution in [1.82, 2.24) is 0 Å². The molecule has 0 bridgehead atoms. The summed E-state index contributed by atoms with van der Waals surface area (Å²) in [5.74, 6) is -1.53. The van der Waals surface area contributed by atoms with Crippen LogP contribution in [0.1, 0.15) is 10.4 Å². The van der Waals surface area contributed by atoms with Crippen LogP contribution in [0.25, 0.3) is 0 Å². The van der Waals surface area contributed by atoms with E-state index < -0.39 is 17.7 Å². The van der Waals surface area contributed by atoms with Gasteiger partial charge in [-0.25, -0.2) is 4.90 Å². The van der Waals surface area contributed by atoms with Crippen LogP contribution in [0.2, 0.25) is 15.1 Å². The number of amides is 3. The molecule has 35 heavy (non-hydrogen) atoms. The van der Waals surface area contributed by atoms with Crippen molar-refractivity contribution in [2.24, 2.45) is 0 Å². The molecule has 0 atom stereocenters. The highest BCUT2D eigenvalue weighted by molar-refractivity contribution is 6.53. The highest BCUT2D eigenvalue weighted by Gasteiger charge is 2.40. The van der Waals surface area contributed by atoms with Gasteiger partial charge < -0.3 is 15.4 Å². The van der Waals surface area contributed by atoms with Crippen LogP contribution >= 0.6 is 46.4 Å². The summed E-state index contributed by atoms with van der Waals surface area (Å²) in [5, 5.41) is 6.31. The van der Waals surface area contributed by atoms with Gasteiger partial charge in [-0.3, -0.25) is 14.4 Å². The molecule has 1 aliphatic rings. The molecular formula is C24H15Cl4N3O4. The Kier molecular flexibility index (Phi) is 7.23. The Morgan fingerprint density at radius 2 is 1.51 bits per heavy atom. The highest BCUT2D eigenvalue weighted by atomic mass is 35.5. The van der Waals surface area contributed by atoms with Crippen molar-refractivity contribution in [2.75, 3.05) is 22.6 Å². The van der Waals surface area contributed by atoms with E-state index in [4.69, 9.17) is 51.1 Å². The van der Waals surface area contributed by atoms with Crippen LogP contribution in [0.3, 0.4) is 0 Å². The lowest BCUT2D eigenvalue weighted by atomic mass is 10.2. The van der Waals surface area contributed by atoms with Crippen molar-refractivity contribution in [2.45, 2.75) is 0 Å².